The van der Waals surface area contributed by atoms with Crippen molar-refractivity contribution in [1.82, 2.24) is 30.2 Å². The van der Waals surface area contributed by atoms with Crippen molar-refractivity contribution in [3.05, 3.63) is 12.7 Å². The van der Waals surface area contributed by atoms with E-state index in [2.05, 4.69) is 34.4 Å². The minimum absolute atomic E-state index is 0.0333. The number of carbonyl (C=O) groups is 2. The summed E-state index contributed by atoms with van der Waals surface area (Å²) < 4.78 is 61.8. The van der Waals surface area contributed by atoms with Crippen LogP contribution in [0.2, 0.25) is 0 Å². The summed E-state index contributed by atoms with van der Waals surface area (Å²) in [5.74, 6) is -0.463. The molecule has 28 heteroatoms. The third kappa shape index (κ3) is 12.4. The van der Waals surface area contributed by atoms with Gasteiger partial charge in [0.1, 0.15) is 30.2 Å². The number of phosphoric acid groups is 3. The van der Waals surface area contributed by atoms with Crippen LogP contribution in [0.5, 0.6) is 0 Å². The third-order valence-electron chi connectivity index (χ3n) is 6.71. The Labute approximate surface area is 294 Å². The molecule has 278 valence electrons. The van der Waals surface area contributed by atoms with Crippen LogP contribution in [0, 0.1) is 5.41 Å². The number of aliphatic hydroxyl groups excluding tert-OH is 2. The van der Waals surface area contributed by atoms with Crippen molar-refractivity contribution < 1.29 is 75.7 Å². The molecule has 7 atom stereocenters. The molecule has 0 aliphatic carbocycles. The Balaban J connectivity index is 1.59. The van der Waals surface area contributed by atoms with Crippen molar-refractivity contribution in [2.24, 2.45) is 5.41 Å². The number of hydrogen-bond acceptors (Lipinski definition) is 17. The van der Waals surface area contributed by atoms with Gasteiger partial charge in [0.25, 0.3) is 0 Å². The molecule has 2 aromatic heterocycles. The molecule has 3 rings (SSSR count). The van der Waals surface area contributed by atoms with E-state index >= 15 is 0 Å². The van der Waals surface area contributed by atoms with E-state index in [-0.39, 0.29) is 35.9 Å². The maximum absolute atomic E-state index is 12.6. The van der Waals surface area contributed by atoms with Crippen LogP contribution in [0.25, 0.3) is 11.2 Å². The molecule has 1 aliphatic heterocycles. The number of anilines is 1. The number of aliphatic hydroxyl groups is 2. The van der Waals surface area contributed by atoms with E-state index in [4.69, 9.17) is 19.5 Å². The zero-order valence-electron chi connectivity index (χ0n) is 26.2. The van der Waals surface area contributed by atoms with Gasteiger partial charge >= 0.3 is 148 Å². The molecular formula is C21H38N7O16P3SSn. The Hall–Kier alpha value is -1.31. The summed E-state index contributed by atoms with van der Waals surface area (Å²) in [5.41, 5.74) is 4.32. The number of phosphoric ester groups is 3. The van der Waals surface area contributed by atoms with Gasteiger partial charge in [-0.1, -0.05) is 0 Å². The van der Waals surface area contributed by atoms with E-state index < -0.39 is 78.6 Å². The molecule has 10 N–H and O–H groups in total. The van der Waals surface area contributed by atoms with E-state index in [0.717, 1.165) is 23.0 Å². The molecular weight excluding hydrogens is 850 g/mol. The van der Waals surface area contributed by atoms with E-state index in [9.17, 15) is 53.1 Å². The average molecular weight is 888 g/mol. The number of amides is 2. The minimum atomic E-state index is -5.53. The summed E-state index contributed by atoms with van der Waals surface area (Å²) in [6.07, 6.45) is -6.66. The first-order chi connectivity index (χ1) is 22.7. The molecule has 0 aromatic carbocycles. The molecule has 2 amide bonds. The van der Waals surface area contributed by atoms with Crippen molar-refractivity contribution in [2.45, 2.75) is 50.9 Å². The van der Waals surface area contributed by atoms with Gasteiger partial charge in [-0.3, -0.25) is 18.1 Å². The van der Waals surface area contributed by atoms with Crippen LogP contribution in [-0.4, -0.2) is 139 Å². The van der Waals surface area contributed by atoms with Gasteiger partial charge in [0, 0.05) is 0 Å². The summed E-state index contributed by atoms with van der Waals surface area (Å²) >= 11 is 0.449. The number of rotatable bonds is 19. The summed E-state index contributed by atoms with van der Waals surface area (Å²) in [5, 5.41) is 26.3. The van der Waals surface area contributed by atoms with Crippen molar-refractivity contribution in [3.63, 3.8) is 0 Å². The third-order valence-corrected chi connectivity index (χ3v) is 13.9. The van der Waals surface area contributed by atoms with Crippen LogP contribution in [0.1, 0.15) is 26.5 Å². The van der Waals surface area contributed by atoms with Crippen molar-refractivity contribution in [2.75, 3.05) is 37.8 Å². The molecule has 2 unspecified atom stereocenters. The van der Waals surface area contributed by atoms with Gasteiger partial charge in [-0.25, -0.2) is 28.6 Å². The Kier molecular flexibility index (Phi) is 15.0. The molecule has 0 bridgehead atoms. The number of imidazole rings is 1. The normalized spacial score (nSPS) is 23.2. The quantitative estimate of drug-likeness (QED) is 0.0397. The van der Waals surface area contributed by atoms with Gasteiger partial charge in [0.2, 0.25) is 0 Å². The van der Waals surface area contributed by atoms with Crippen LogP contribution in [0.4, 0.5) is 5.82 Å². The monoisotopic (exact) mass is 889 g/mol. The number of nitrogens with zero attached hydrogens (tertiary/aromatic N) is 4. The molecule has 0 spiro atoms. The first-order valence-electron chi connectivity index (χ1n) is 14.0. The zero-order chi connectivity index (χ0) is 36.8. The van der Waals surface area contributed by atoms with Crippen LogP contribution in [0.3, 0.4) is 0 Å². The van der Waals surface area contributed by atoms with E-state index in [1.165, 1.54) is 13.8 Å². The number of aromatic nitrogens is 4. The Morgan fingerprint density at radius 2 is 1.80 bits per heavy atom. The molecule has 0 saturated carbocycles. The van der Waals surface area contributed by atoms with Crippen molar-refractivity contribution in [3.8, 4) is 0 Å². The van der Waals surface area contributed by atoms with Gasteiger partial charge in [0.15, 0.2) is 17.7 Å². The van der Waals surface area contributed by atoms with Crippen molar-refractivity contribution in [1.29, 1.82) is 0 Å². The fourth-order valence-corrected chi connectivity index (χ4v) is 9.12. The molecule has 1 saturated heterocycles. The first kappa shape index (κ1) is 42.1. The topological polar surface area (TPSA) is 347 Å². The number of ether oxygens (including phenoxy) is 1. The van der Waals surface area contributed by atoms with E-state index in [1.54, 1.807) is 8.95 Å². The maximum atomic E-state index is 12.6. The summed E-state index contributed by atoms with van der Waals surface area (Å²) in [7, 11) is -14.5. The number of nitrogens with two attached hydrogens (primary N) is 1. The fourth-order valence-electron chi connectivity index (χ4n) is 4.23. The standard InChI is InChI=1S/C21H36N7O16P3S.Sn.3H/c1-21(2,16(31)19(32)24-4-3-12(29)23-5-6-48)8-41-47(38,39)44-46(36,37)40-7-11-15(43-45(33,34)35)14(30)20(42-11)28-10-27-13-17(22)25-9-26-18(13)28;;;;/h9-11,14-16,20,30-31,48H,3-8H2,1-2H3,(H,23,29)(H,24,32)(H,36,37)(H,38,39)(H2,22,25,26)(H2,33,34,35);;;;/q;+1;;;/p-1/t11-,14-,15-,16+,20-;;;;/m1..../s1. The summed E-state index contributed by atoms with van der Waals surface area (Å²) in [6.45, 7) is 0.979. The SMILES string of the molecule is CC(C)(COP(=O)(O)OP(=O)(O)OC[C@H]1O[C@@H](n2cnc3c(N)ncnc32)[C@H](O)[C@@H]1OP(=O)(O)O)[C@@H](O)C(=O)NCCC(=O)NCC[S][SnH3]. The van der Waals surface area contributed by atoms with Gasteiger partial charge in [-0.15, -0.1) is 0 Å². The summed E-state index contributed by atoms with van der Waals surface area (Å²) in [6, 6.07) is 0. The van der Waals surface area contributed by atoms with Gasteiger partial charge in [-0.2, -0.15) is 4.31 Å². The number of fused-ring (bicyclic) bond motifs is 1. The predicted molar refractivity (Wildman–Crippen MR) is 172 cm³/mol. The second kappa shape index (κ2) is 17.5. The summed E-state index contributed by atoms with van der Waals surface area (Å²) in [4.78, 5) is 74.9. The van der Waals surface area contributed by atoms with Crippen molar-refractivity contribution >= 4 is 82.4 Å². The van der Waals surface area contributed by atoms with Crippen LogP contribution < -0.4 is 16.4 Å². The molecule has 3 heterocycles. The Bertz CT molecular complexity index is 1620. The molecule has 2 aromatic rings. The average Bonchev–Trinajstić information content (AvgIpc) is 3.55. The molecule has 0 radical (unpaired) electrons. The predicted octanol–water partition coefficient (Wildman–Crippen LogP) is -2.58. The molecule has 1 aliphatic rings. The zero-order valence-corrected chi connectivity index (χ0v) is 35.4. The first-order valence-corrected chi connectivity index (χ1v) is 26.9. The Morgan fingerprint density at radius 1 is 1.12 bits per heavy atom. The molecule has 23 nitrogen and oxygen atoms in total. The van der Waals surface area contributed by atoms with Crippen LogP contribution in [-0.2, 0) is 45.9 Å². The van der Waals surface area contributed by atoms with Gasteiger partial charge in [-0.05, 0) is 0 Å². The molecule has 1 fully saturated rings. The van der Waals surface area contributed by atoms with Gasteiger partial charge in [0.05, 0.1) is 12.9 Å². The second-order valence-corrected chi connectivity index (χ2v) is 21.2. The number of nitrogen functional groups attached to an aromatic ring is 1. The second-order valence-electron chi connectivity index (χ2n) is 11.1. The Morgan fingerprint density at radius 3 is 2.45 bits per heavy atom. The van der Waals surface area contributed by atoms with Crippen LogP contribution in [0.15, 0.2) is 12.7 Å². The number of nitrogens with one attached hydrogen (secondary N) is 2. The number of hydrogen-bond donors (Lipinski definition) is 9. The number of carbonyl (C=O) groups excluding carboxylic acids is 2. The van der Waals surface area contributed by atoms with E-state index in [0.29, 0.717) is 27.7 Å². The molecule has 49 heavy (non-hydrogen) atoms. The van der Waals surface area contributed by atoms with Gasteiger partial charge < -0.3 is 35.2 Å². The fraction of sp³-hybridized carbons (Fsp3) is 0.667. The van der Waals surface area contributed by atoms with E-state index in [1.807, 2.05) is 0 Å². The van der Waals surface area contributed by atoms with Crippen LogP contribution >= 0.6 is 32.4 Å².